The maximum atomic E-state index is 3.61. The van der Waals surface area contributed by atoms with E-state index in [2.05, 4.69) is 42.4 Å². The number of hydrogen-bond acceptors (Lipinski definition) is 3. The molecule has 18 heavy (non-hydrogen) atoms. The molecule has 1 aliphatic heterocycles. The van der Waals surface area contributed by atoms with Gasteiger partial charge in [-0.3, -0.25) is 4.90 Å². The Labute approximate surface area is 115 Å². The van der Waals surface area contributed by atoms with Crippen molar-refractivity contribution < 1.29 is 0 Å². The predicted octanol–water partition coefficient (Wildman–Crippen LogP) is 3.13. The van der Waals surface area contributed by atoms with Gasteiger partial charge >= 0.3 is 0 Å². The van der Waals surface area contributed by atoms with E-state index in [9.17, 15) is 0 Å². The molecule has 3 heteroatoms. The van der Waals surface area contributed by atoms with Crippen molar-refractivity contribution in [3.63, 3.8) is 0 Å². The van der Waals surface area contributed by atoms with Crippen LogP contribution >= 0.6 is 11.3 Å². The smallest absolute Gasteiger partial charge is 0.0248 e. The number of thiophene rings is 1. The van der Waals surface area contributed by atoms with Crippen molar-refractivity contribution >= 4 is 11.3 Å². The van der Waals surface area contributed by atoms with Crippen molar-refractivity contribution in [3.05, 3.63) is 21.9 Å². The standard InChI is InChI=1S/C15H26N2S/c1-4-14(10-16-9-12(2)3)17-7-5-15-13(11-17)6-8-18-15/h6,8,12,14,16H,4-5,7,9-11H2,1-3H3. The summed E-state index contributed by atoms with van der Waals surface area (Å²) in [5, 5.41) is 5.85. The Bertz CT molecular complexity index is 359. The Hall–Kier alpha value is -0.380. The van der Waals surface area contributed by atoms with Crippen LogP contribution in [-0.4, -0.2) is 30.6 Å². The van der Waals surface area contributed by atoms with Crippen molar-refractivity contribution in [2.24, 2.45) is 5.92 Å². The molecule has 0 saturated carbocycles. The molecular formula is C15H26N2S. The monoisotopic (exact) mass is 266 g/mol. The summed E-state index contributed by atoms with van der Waals surface area (Å²) in [4.78, 5) is 4.26. The highest BCUT2D eigenvalue weighted by atomic mass is 32.1. The highest BCUT2D eigenvalue weighted by Crippen LogP contribution is 2.25. The van der Waals surface area contributed by atoms with Gasteiger partial charge in [0.05, 0.1) is 0 Å². The fraction of sp³-hybridized carbons (Fsp3) is 0.733. The van der Waals surface area contributed by atoms with Crippen LogP contribution < -0.4 is 5.32 Å². The molecule has 1 atom stereocenters. The topological polar surface area (TPSA) is 15.3 Å². The fourth-order valence-electron chi connectivity index (χ4n) is 2.65. The Morgan fingerprint density at radius 3 is 2.94 bits per heavy atom. The SMILES string of the molecule is CCC(CNCC(C)C)N1CCc2sccc2C1. The van der Waals surface area contributed by atoms with Gasteiger partial charge in [-0.05, 0) is 42.3 Å². The van der Waals surface area contributed by atoms with Crippen LogP contribution in [0.4, 0.5) is 0 Å². The highest BCUT2D eigenvalue weighted by molar-refractivity contribution is 7.10. The quantitative estimate of drug-likeness (QED) is 0.851. The van der Waals surface area contributed by atoms with Gasteiger partial charge < -0.3 is 5.32 Å². The third-order valence-electron chi connectivity index (χ3n) is 3.76. The predicted molar refractivity (Wildman–Crippen MR) is 80.2 cm³/mol. The van der Waals surface area contributed by atoms with E-state index in [1.165, 1.54) is 19.4 Å². The lowest BCUT2D eigenvalue weighted by molar-refractivity contribution is 0.170. The number of nitrogens with zero attached hydrogens (tertiary/aromatic N) is 1. The van der Waals surface area contributed by atoms with Crippen LogP contribution in [0.5, 0.6) is 0 Å². The molecule has 102 valence electrons. The molecule has 0 saturated heterocycles. The summed E-state index contributed by atoms with van der Waals surface area (Å²) in [7, 11) is 0. The Morgan fingerprint density at radius 2 is 2.22 bits per heavy atom. The lowest BCUT2D eigenvalue weighted by Gasteiger charge is -2.34. The Morgan fingerprint density at radius 1 is 1.39 bits per heavy atom. The molecule has 2 rings (SSSR count). The van der Waals surface area contributed by atoms with Gasteiger partial charge in [0, 0.05) is 30.6 Å². The minimum atomic E-state index is 0.691. The normalized spacial score (nSPS) is 18.0. The van der Waals surface area contributed by atoms with Crippen molar-refractivity contribution in [3.8, 4) is 0 Å². The summed E-state index contributed by atoms with van der Waals surface area (Å²) in [5.74, 6) is 0.743. The van der Waals surface area contributed by atoms with E-state index in [-0.39, 0.29) is 0 Å². The Kier molecular flexibility index (Phi) is 5.22. The van der Waals surface area contributed by atoms with Crippen LogP contribution in [-0.2, 0) is 13.0 Å². The first-order valence-electron chi connectivity index (χ1n) is 7.20. The molecule has 1 aliphatic rings. The van der Waals surface area contributed by atoms with Gasteiger partial charge in [-0.1, -0.05) is 20.8 Å². The minimum Gasteiger partial charge on any atom is -0.315 e. The third-order valence-corrected chi connectivity index (χ3v) is 4.78. The summed E-state index contributed by atoms with van der Waals surface area (Å²) < 4.78 is 0. The summed E-state index contributed by atoms with van der Waals surface area (Å²) in [5.41, 5.74) is 1.56. The highest BCUT2D eigenvalue weighted by Gasteiger charge is 2.22. The van der Waals surface area contributed by atoms with Crippen molar-refractivity contribution in [2.45, 2.75) is 46.2 Å². The third kappa shape index (κ3) is 3.56. The van der Waals surface area contributed by atoms with Gasteiger partial charge in [0.15, 0.2) is 0 Å². The molecule has 1 N–H and O–H groups in total. The molecular weight excluding hydrogens is 240 g/mol. The second-order valence-electron chi connectivity index (χ2n) is 5.70. The number of rotatable bonds is 6. The van der Waals surface area contributed by atoms with Gasteiger partial charge in [-0.15, -0.1) is 11.3 Å². The van der Waals surface area contributed by atoms with Crippen LogP contribution in [0.25, 0.3) is 0 Å². The molecule has 1 aromatic rings. The van der Waals surface area contributed by atoms with Crippen LogP contribution in [0.1, 0.15) is 37.6 Å². The summed E-state index contributed by atoms with van der Waals surface area (Å²) >= 11 is 1.93. The first-order chi connectivity index (χ1) is 8.70. The molecule has 0 aromatic carbocycles. The maximum Gasteiger partial charge on any atom is 0.0248 e. The number of hydrogen-bond donors (Lipinski definition) is 1. The van der Waals surface area contributed by atoms with Gasteiger partial charge in [0.25, 0.3) is 0 Å². The van der Waals surface area contributed by atoms with E-state index in [0.29, 0.717) is 6.04 Å². The summed E-state index contributed by atoms with van der Waals surface area (Å²) in [6.07, 6.45) is 2.48. The number of nitrogens with one attached hydrogen (secondary N) is 1. The minimum absolute atomic E-state index is 0.691. The van der Waals surface area contributed by atoms with E-state index < -0.39 is 0 Å². The van der Waals surface area contributed by atoms with Crippen molar-refractivity contribution in [1.29, 1.82) is 0 Å². The zero-order valence-corrected chi connectivity index (χ0v) is 12.7. The molecule has 0 radical (unpaired) electrons. The van der Waals surface area contributed by atoms with Crippen molar-refractivity contribution in [2.75, 3.05) is 19.6 Å². The first kappa shape index (κ1) is 14.0. The second-order valence-corrected chi connectivity index (χ2v) is 6.70. The van der Waals surface area contributed by atoms with E-state index >= 15 is 0 Å². The summed E-state index contributed by atoms with van der Waals surface area (Å²) in [6.45, 7) is 11.5. The molecule has 0 aliphatic carbocycles. The van der Waals surface area contributed by atoms with Crippen molar-refractivity contribution in [1.82, 2.24) is 10.2 Å². The van der Waals surface area contributed by atoms with Gasteiger partial charge in [0.2, 0.25) is 0 Å². The van der Waals surface area contributed by atoms with E-state index in [1.54, 1.807) is 10.4 Å². The van der Waals surface area contributed by atoms with Crippen LogP contribution in [0.3, 0.4) is 0 Å². The van der Waals surface area contributed by atoms with Gasteiger partial charge in [0.1, 0.15) is 0 Å². The average molecular weight is 266 g/mol. The molecule has 0 bridgehead atoms. The van der Waals surface area contributed by atoms with Gasteiger partial charge in [-0.2, -0.15) is 0 Å². The zero-order chi connectivity index (χ0) is 13.0. The van der Waals surface area contributed by atoms with E-state index in [0.717, 1.165) is 25.6 Å². The zero-order valence-electron chi connectivity index (χ0n) is 11.9. The molecule has 0 amide bonds. The lowest BCUT2D eigenvalue weighted by atomic mass is 10.1. The van der Waals surface area contributed by atoms with Crippen LogP contribution in [0.15, 0.2) is 11.4 Å². The number of fused-ring (bicyclic) bond motifs is 1. The first-order valence-corrected chi connectivity index (χ1v) is 8.08. The van der Waals surface area contributed by atoms with E-state index in [4.69, 9.17) is 0 Å². The molecule has 1 unspecified atom stereocenters. The molecule has 2 heterocycles. The molecule has 1 aromatic heterocycles. The Balaban J connectivity index is 1.86. The second kappa shape index (κ2) is 6.69. The van der Waals surface area contributed by atoms with E-state index in [1.807, 2.05) is 11.3 Å². The molecule has 0 spiro atoms. The largest absolute Gasteiger partial charge is 0.315 e. The van der Waals surface area contributed by atoms with Crippen LogP contribution in [0.2, 0.25) is 0 Å². The average Bonchev–Trinajstić information content (AvgIpc) is 2.81. The molecule has 0 fully saturated rings. The van der Waals surface area contributed by atoms with Gasteiger partial charge in [-0.25, -0.2) is 0 Å². The lowest BCUT2D eigenvalue weighted by Crippen LogP contribution is -2.44. The summed E-state index contributed by atoms with van der Waals surface area (Å²) in [6, 6.07) is 3.00. The fourth-order valence-corrected chi connectivity index (χ4v) is 3.54. The molecule has 2 nitrogen and oxygen atoms in total. The van der Waals surface area contributed by atoms with Crippen LogP contribution in [0, 0.1) is 5.92 Å². The maximum absolute atomic E-state index is 3.61.